The number of aromatic nitrogens is 2. The van der Waals surface area contributed by atoms with Gasteiger partial charge in [-0.25, -0.2) is 9.78 Å². The third-order valence-electron chi connectivity index (χ3n) is 6.82. The summed E-state index contributed by atoms with van der Waals surface area (Å²) in [4.78, 5) is 47.1. The van der Waals surface area contributed by atoms with Crippen molar-refractivity contribution in [2.45, 2.75) is 85.3 Å². The molecule has 0 spiro atoms. The summed E-state index contributed by atoms with van der Waals surface area (Å²) >= 11 is 1.59. The maximum Gasteiger partial charge on any atom is 0.410 e. The highest BCUT2D eigenvalue weighted by Gasteiger charge is 2.32. The molecule has 3 aromatic rings. The van der Waals surface area contributed by atoms with Gasteiger partial charge in [0.25, 0.3) is 5.56 Å². The number of rotatable bonds is 6. The first kappa shape index (κ1) is 26.9. The fourth-order valence-corrected chi connectivity index (χ4v) is 6.35. The molecule has 0 fully saturated rings. The normalized spacial score (nSPS) is 16.1. The molecule has 4 heterocycles. The van der Waals surface area contributed by atoms with Crippen molar-refractivity contribution >= 4 is 29.0 Å². The Hall–Kier alpha value is -3.66. The van der Waals surface area contributed by atoms with Crippen molar-refractivity contribution in [1.82, 2.24) is 19.8 Å². The maximum absolute atomic E-state index is 13.3. The number of aryl methyl sites for hydroxylation is 3. The molecule has 0 bridgehead atoms. The number of amides is 2. The lowest BCUT2D eigenvalue weighted by molar-refractivity contribution is -0.124. The van der Waals surface area contributed by atoms with Crippen LogP contribution in [0.15, 0.2) is 35.3 Å². The van der Waals surface area contributed by atoms with Crippen LogP contribution in [-0.2, 0) is 42.1 Å². The van der Waals surface area contributed by atoms with Crippen LogP contribution in [0.5, 0.6) is 0 Å². The number of fused-ring (bicyclic) bond motifs is 2. The van der Waals surface area contributed by atoms with E-state index in [1.54, 1.807) is 22.4 Å². The number of thiophene rings is 1. The summed E-state index contributed by atoms with van der Waals surface area (Å²) in [5.41, 5.74) is 4.15. The van der Waals surface area contributed by atoms with Gasteiger partial charge in [0.1, 0.15) is 23.2 Å². The second-order valence-electron chi connectivity index (χ2n) is 11.4. The van der Waals surface area contributed by atoms with E-state index in [0.717, 1.165) is 20.9 Å². The van der Waals surface area contributed by atoms with Crippen LogP contribution in [-0.4, -0.2) is 32.1 Å². The summed E-state index contributed by atoms with van der Waals surface area (Å²) in [5, 5.41) is 6.22. The first-order chi connectivity index (χ1) is 18.5. The number of hydrogen-bond donors (Lipinski definition) is 2. The molecule has 9 nitrogen and oxygen atoms in total. The molecule has 0 unspecified atom stereocenters. The lowest BCUT2D eigenvalue weighted by Gasteiger charge is -2.24. The van der Waals surface area contributed by atoms with E-state index in [1.165, 1.54) is 15.7 Å². The van der Waals surface area contributed by atoms with E-state index < -0.39 is 11.6 Å². The molecule has 2 aliphatic heterocycles. The molecular formula is C29H35N5O4S. The molecule has 0 aliphatic carbocycles. The van der Waals surface area contributed by atoms with Gasteiger partial charge in [-0.2, -0.15) is 0 Å². The van der Waals surface area contributed by atoms with Crippen molar-refractivity contribution in [1.29, 1.82) is 0 Å². The summed E-state index contributed by atoms with van der Waals surface area (Å²) < 4.78 is 7.01. The highest BCUT2D eigenvalue weighted by Crippen LogP contribution is 2.32. The van der Waals surface area contributed by atoms with Gasteiger partial charge in [-0.1, -0.05) is 29.3 Å². The minimum Gasteiger partial charge on any atom is -0.444 e. The van der Waals surface area contributed by atoms with E-state index in [4.69, 9.17) is 4.74 Å². The van der Waals surface area contributed by atoms with E-state index >= 15 is 0 Å². The smallest absolute Gasteiger partial charge is 0.410 e. The fraction of sp³-hybridized carbons (Fsp3) is 0.448. The van der Waals surface area contributed by atoms with Crippen LogP contribution in [0.3, 0.4) is 0 Å². The summed E-state index contributed by atoms with van der Waals surface area (Å²) in [6.07, 6.45) is 2.38. The number of nitrogens with one attached hydrogen (secondary N) is 2. The lowest BCUT2D eigenvalue weighted by Crippen LogP contribution is -2.36. The fourth-order valence-electron chi connectivity index (χ4n) is 5.21. The predicted octanol–water partition coefficient (Wildman–Crippen LogP) is 4.59. The van der Waals surface area contributed by atoms with Gasteiger partial charge < -0.3 is 15.4 Å². The van der Waals surface area contributed by atoms with Crippen molar-refractivity contribution in [2.24, 2.45) is 0 Å². The highest BCUT2D eigenvalue weighted by molar-refractivity contribution is 7.12. The zero-order chi connectivity index (χ0) is 27.9. The van der Waals surface area contributed by atoms with E-state index in [9.17, 15) is 14.4 Å². The summed E-state index contributed by atoms with van der Waals surface area (Å²) in [7, 11) is 0. The van der Waals surface area contributed by atoms with E-state index in [1.807, 2.05) is 40.7 Å². The molecule has 10 heteroatoms. The third kappa shape index (κ3) is 6.00. The minimum atomic E-state index is -0.586. The highest BCUT2D eigenvalue weighted by atomic mass is 32.1. The Kier molecular flexibility index (Phi) is 7.24. The molecule has 2 amide bonds. The first-order valence-electron chi connectivity index (χ1n) is 13.2. The van der Waals surface area contributed by atoms with Crippen molar-refractivity contribution in [3.63, 3.8) is 0 Å². The molecule has 2 aliphatic rings. The Morgan fingerprint density at radius 2 is 1.85 bits per heavy atom. The minimum absolute atomic E-state index is 0.187. The second kappa shape index (κ2) is 10.5. The molecule has 2 N–H and O–H groups in total. The Labute approximate surface area is 232 Å². The second-order valence-corrected chi connectivity index (χ2v) is 12.6. The van der Waals surface area contributed by atoms with Crippen molar-refractivity contribution in [2.75, 3.05) is 5.32 Å². The number of carbonyl (C=O) groups is 2. The quantitative estimate of drug-likeness (QED) is 0.466. The van der Waals surface area contributed by atoms with Crippen LogP contribution in [0.4, 0.5) is 10.5 Å². The average Bonchev–Trinajstić information content (AvgIpc) is 3.54. The van der Waals surface area contributed by atoms with Crippen LogP contribution in [0, 0.1) is 13.8 Å². The molecular weight excluding hydrogens is 514 g/mol. The maximum atomic E-state index is 13.3. The predicted molar refractivity (Wildman–Crippen MR) is 151 cm³/mol. The van der Waals surface area contributed by atoms with Gasteiger partial charge in [0.15, 0.2) is 0 Å². The molecule has 0 radical (unpaired) electrons. The van der Waals surface area contributed by atoms with Gasteiger partial charge in [0, 0.05) is 22.7 Å². The molecule has 5 rings (SSSR count). The standard InChI is InChI=1S/C29H35N5O4S/c1-17-8-18(2)10-19(9-17)12-30-22-14-31-25-7-6-23(34(25)27(22)36)26(35)32-13-21-11-20-15-33(16-24(20)39-21)28(37)38-29(3,4)5/h8-11,14,23,30H,6-7,12-13,15-16H2,1-5H3,(H,32,35)/t23-/m0/s1. The summed E-state index contributed by atoms with van der Waals surface area (Å²) in [6, 6.07) is 7.74. The Morgan fingerprint density at radius 3 is 2.54 bits per heavy atom. The third-order valence-corrected chi connectivity index (χ3v) is 7.98. The van der Waals surface area contributed by atoms with Crippen LogP contribution >= 0.6 is 11.3 Å². The monoisotopic (exact) mass is 549 g/mol. The first-order valence-corrected chi connectivity index (χ1v) is 14.1. The van der Waals surface area contributed by atoms with Gasteiger partial charge in [-0.15, -0.1) is 11.3 Å². The number of nitrogens with zero attached hydrogens (tertiary/aromatic N) is 3. The van der Waals surface area contributed by atoms with Gasteiger partial charge in [0.05, 0.1) is 25.8 Å². The molecule has 0 saturated heterocycles. The van der Waals surface area contributed by atoms with Crippen molar-refractivity contribution in [3.8, 4) is 0 Å². The zero-order valence-corrected chi connectivity index (χ0v) is 23.9. The van der Waals surface area contributed by atoms with Gasteiger partial charge in [0.2, 0.25) is 5.91 Å². The molecule has 1 atom stereocenters. The number of hydrogen-bond acceptors (Lipinski definition) is 7. The average molecular weight is 550 g/mol. The van der Waals surface area contributed by atoms with E-state index in [0.29, 0.717) is 50.5 Å². The molecule has 1 aromatic carbocycles. The number of ether oxygens (including phenoxy) is 1. The van der Waals surface area contributed by atoms with Crippen LogP contribution < -0.4 is 16.2 Å². The Bertz CT molecular complexity index is 1440. The van der Waals surface area contributed by atoms with Gasteiger partial charge >= 0.3 is 6.09 Å². The molecule has 2 aromatic heterocycles. The van der Waals surface area contributed by atoms with Gasteiger partial charge in [-0.05, 0) is 58.2 Å². The lowest BCUT2D eigenvalue weighted by atomic mass is 10.1. The SMILES string of the molecule is Cc1cc(C)cc(CNc2cnc3n(c2=O)[C@H](C(=O)NCc2cc4c(s2)CN(C(=O)OC(C)(C)C)C4)CC3)c1. The topological polar surface area (TPSA) is 106 Å². The van der Waals surface area contributed by atoms with Crippen molar-refractivity contribution in [3.05, 3.63) is 78.6 Å². The number of carbonyl (C=O) groups excluding carboxylic acids is 2. The summed E-state index contributed by atoms with van der Waals surface area (Å²) in [5.74, 6) is 0.447. The molecule has 206 valence electrons. The van der Waals surface area contributed by atoms with E-state index in [-0.39, 0.29) is 17.6 Å². The number of anilines is 1. The molecule has 0 saturated carbocycles. The Balaban J connectivity index is 1.20. The largest absolute Gasteiger partial charge is 0.444 e. The Morgan fingerprint density at radius 1 is 1.10 bits per heavy atom. The van der Waals surface area contributed by atoms with Crippen LogP contribution in [0.25, 0.3) is 0 Å². The van der Waals surface area contributed by atoms with Crippen molar-refractivity contribution < 1.29 is 14.3 Å². The van der Waals surface area contributed by atoms with Crippen LogP contribution in [0.2, 0.25) is 0 Å². The van der Waals surface area contributed by atoms with Crippen LogP contribution in [0.1, 0.15) is 71.1 Å². The zero-order valence-electron chi connectivity index (χ0n) is 23.1. The number of benzene rings is 1. The summed E-state index contributed by atoms with van der Waals surface area (Å²) in [6.45, 7) is 11.6. The molecule has 39 heavy (non-hydrogen) atoms. The van der Waals surface area contributed by atoms with E-state index in [2.05, 4.69) is 33.8 Å². The van der Waals surface area contributed by atoms with Gasteiger partial charge in [-0.3, -0.25) is 19.1 Å².